The smallest absolute Gasteiger partial charge is 0.0830 e. The molecule has 0 spiro atoms. The number of fused-ring (bicyclic) bond motifs is 1. The predicted octanol–water partition coefficient (Wildman–Crippen LogP) is 1.33. The molecule has 0 aromatic carbocycles. The second kappa shape index (κ2) is 2.14. The minimum atomic E-state index is 1.05. The molecule has 0 fully saturated rings. The van der Waals surface area contributed by atoms with Crippen LogP contribution in [-0.4, -0.2) is 4.98 Å². The summed E-state index contributed by atoms with van der Waals surface area (Å²) in [4.78, 5) is 8.29. The van der Waals surface area contributed by atoms with Gasteiger partial charge in [0.05, 0.1) is 16.8 Å². The van der Waals surface area contributed by atoms with Crippen LogP contribution in [0.1, 0.15) is 5.69 Å². The van der Waals surface area contributed by atoms with Gasteiger partial charge < -0.3 is 5.43 Å². The maximum Gasteiger partial charge on any atom is 0.0830 e. The molecule has 2 heterocycles. The predicted molar refractivity (Wildman–Crippen MR) is 41.6 cm³/mol. The molecule has 0 saturated heterocycles. The Morgan fingerprint density at radius 2 is 2.50 bits per heavy atom. The highest BCUT2D eigenvalue weighted by Gasteiger charge is 2.09. The van der Waals surface area contributed by atoms with Gasteiger partial charge in [-0.1, -0.05) is 0 Å². The number of anilines is 1. The first-order valence-corrected chi connectivity index (χ1v) is 3.82. The van der Waals surface area contributed by atoms with Crippen LogP contribution in [0, 0.1) is 6.92 Å². The normalized spacial score (nSPS) is 14.5. The molecule has 0 radical (unpaired) electrons. The Labute approximate surface area is 63.3 Å². The molecule has 10 heavy (non-hydrogen) atoms. The zero-order valence-electron chi connectivity index (χ0n) is 5.51. The number of nitrogens with zero attached hydrogens (tertiary/aromatic N) is 1. The van der Waals surface area contributed by atoms with E-state index in [-0.39, 0.29) is 0 Å². The molecule has 3 nitrogen and oxygen atoms in total. The SMILES string of the molecule is Cc1cc2c(cn1)NNS2. The molecule has 1 aromatic heterocycles. The van der Waals surface area contributed by atoms with Crippen LogP contribution in [0.3, 0.4) is 0 Å². The van der Waals surface area contributed by atoms with E-state index in [2.05, 4.69) is 15.2 Å². The van der Waals surface area contributed by atoms with Crippen LogP contribution in [0.2, 0.25) is 0 Å². The number of hydrazine groups is 1. The third-order valence-electron chi connectivity index (χ3n) is 1.35. The molecule has 0 saturated carbocycles. The zero-order valence-corrected chi connectivity index (χ0v) is 6.33. The minimum absolute atomic E-state index is 1.05. The topological polar surface area (TPSA) is 37.0 Å². The monoisotopic (exact) mass is 153 g/mol. The van der Waals surface area contributed by atoms with E-state index >= 15 is 0 Å². The molecular formula is C6H7N3S. The second-order valence-electron chi connectivity index (χ2n) is 2.15. The Hall–Kier alpha value is -0.740. The van der Waals surface area contributed by atoms with E-state index < -0.39 is 0 Å². The molecule has 52 valence electrons. The van der Waals surface area contributed by atoms with Gasteiger partial charge in [0.15, 0.2) is 0 Å². The number of pyridine rings is 1. The lowest BCUT2D eigenvalue weighted by atomic mass is 10.3. The third kappa shape index (κ3) is 0.853. The number of hydrogen-bond donors (Lipinski definition) is 2. The average molecular weight is 153 g/mol. The second-order valence-corrected chi connectivity index (χ2v) is 3.00. The Bertz CT molecular complexity index is 261. The first-order chi connectivity index (χ1) is 4.86. The van der Waals surface area contributed by atoms with E-state index in [0.29, 0.717) is 0 Å². The molecule has 4 heteroatoms. The van der Waals surface area contributed by atoms with E-state index in [1.54, 1.807) is 11.9 Å². The van der Waals surface area contributed by atoms with Crippen LogP contribution in [0.4, 0.5) is 5.69 Å². The summed E-state index contributed by atoms with van der Waals surface area (Å²) in [5.41, 5.74) is 5.10. The van der Waals surface area contributed by atoms with Crippen LogP contribution in [0.15, 0.2) is 17.2 Å². The number of hydrogen-bond acceptors (Lipinski definition) is 4. The summed E-state index contributed by atoms with van der Waals surface area (Å²) in [6.45, 7) is 1.99. The summed E-state index contributed by atoms with van der Waals surface area (Å²) in [6, 6.07) is 2.05. The van der Waals surface area contributed by atoms with Crippen molar-refractivity contribution in [2.24, 2.45) is 0 Å². The quantitative estimate of drug-likeness (QED) is 0.551. The Morgan fingerprint density at radius 3 is 3.40 bits per heavy atom. The highest BCUT2D eigenvalue weighted by atomic mass is 32.2. The summed E-state index contributed by atoms with van der Waals surface area (Å²) in [5, 5.41) is 0. The number of aryl methyl sites for hydroxylation is 1. The fourth-order valence-corrected chi connectivity index (χ4v) is 1.56. The van der Waals surface area contributed by atoms with Crippen molar-refractivity contribution in [3.05, 3.63) is 18.0 Å². The molecule has 0 bridgehead atoms. The van der Waals surface area contributed by atoms with Crippen LogP contribution >= 0.6 is 11.9 Å². The van der Waals surface area contributed by atoms with Crippen molar-refractivity contribution in [2.75, 3.05) is 5.43 Å². The fourth-order valence-electron chi connectivity index (χ4n) is 0.849. The van der Waals surface area contributed by atoms with Gasteiger partial charge in [-0.3, -0.25) is 4.98 Å². The first kappa shape index (κ1) is 6.00. The molecule has 2 rings (SSSR count). The number of nitrogens with one attached hydrogen (secondary N) is 2. The van der Waals surface area contributed by atoms with Crippen LogP contribution < -0.4 is 10.3 Å². The van der Waals surface area contributed by atoms with Crippen molar-refractivity contribution >= 4 is 17.6 Å². The standard InChI is InChI=1S/C6H7N3S/c1-4-2-6-5(3-7-4)8-9-10-6/h2-3,8-9H,1H3. The van der Waals surface area contributed by atoms with Gasteiger partial charge in [0, 0.05) is 5.69 Å². The van der Waals surface area contributed by atoms with Gasteiger partial charge in [-0.25, -0.2) is 0 Å². The Morgan fingerprint density at radius 1 is 1.60 bits per heavy atom. The minimum Gasteiger partial charge on any atom is -0.309 e. The van der Waals surface area contributed by atoms with Crippen molar-refractivity contribution in [3.8, 4) is 0 Å². The molecule has 0 unspecified atom stereocenters. The van der Waals surface area contributed by atoms with Gasteiger partial charge in [0.2, 0.25) is 0 Å². The summed E-state index contributed by atoms with van der Waals surface area (Å²) >= 11 is 1.58. The maximum absolute atomic E-state index is 4.13. The zero-order chi connectivity index (χ0) is 6.97. The van der Waals surface area contributed by atoms with Gasteiger partial charge in [-0.2, -0.15) is 4.83 Å². The molecule has 0 aliphatic carbocycles. The highest BCUT2D eigenvalue weighted by molar-refractivity contribution is 7.98. The lowest BCUT2D eigenvalue weighted by Gasteiger charge is -1.95. The van der Waals surface area contributed by atoms with Gasteiger partial charge in [0.25, 0.3) is 0 Å². The summed E-state index contributed by atoms with van der Waals surface area (Å²) in [5.74, 6) is 0. The van der Waals surface area contributed by atoms with Crippen molar-refractivity contribution in [1.82, 2.24) is 9.82 Å². The molecule has 1 aromatic rings. The Balaban J connectivity index is 2.52. The molecule has 2 N–H and O–H groups in total. The van der Waals surface area contributed by atoms with Crippen LogP contribution in [-0.2, 0) is 0 Å². The maximum atomic E-state index is 4.13. The van der Waals surface area contributed by atoms with Gasteiger partial charge in [-0.05, 0) is 24.9 Å². The summed E-state index contributed by atoms with van der Waals surface area (Å²) < 4.78 is 0. The van der Waals surface area contributed by atoms with E-state index in [4.69, 9.17) is 0 Å². The molecular weight excluding hydrogens is 146 g/mol. The van der Waals surface area contributed by atoms with Crippen molar-refractivity contribution in [2.45, 2.75) is 11.8 Å². The molecule has 1 aliphatic rings. The summed E-state index contributed by atoms with van der Waals surface area (Å²) in [7, 11) is 0. The Kier molecular flexibility index (Phi) is 1.28. The van der Waals surface area contributed by atoms with Gasteiger partial charge in [0.1, 0.15) is 0 Å². The first-order valence-electron chi connectivity index (χ1n) is 3.01. The van der Waals surface area contributed by atoms with E-state index in [0.717, 1.165) is 11.4 Å². The molecule has 0 amide bonds. The fraction of sp³-hybridized carbons (Fsp3) is 0.167. The highest BCUT2D eigenvalue weighted by Crippen LogP contribution is 2.29. The van der Waals surface area contributed by atoms with Crippen molar-refractivity contribution < 1.29 is 0 Å². The van der Waals surface area contributed by atoms with Crippen LogP contribution in [0.5, 0.6) is 0 Å². The number of rotatable bonds is 0. The van der Waals surface area contributed by atoms with Crippen LogP contribution in [0.25, 0.3) is 0 Å². The van der Waals surface area contributed by atoms with E-state index in [1.807, 2.05) is 19.2 Å². The van der Waals surface area contributed by atoms with Gasteiger partial charge in [-0.15, -0.1) is 0 Å². The van der Waals surface area contributed by atoms with Crippen molar-refractivity contribution in [3.63, 3.8) is 0 Å². The number of aromatic nitrogens is 1. The van der Waals surface area contributed by atoms with E-state index in [1.165, 1.54) is 4.90 Å². The average Bonchev–Trinajstić information content (AvgIpc) is 2.33. The summed E-state index contributed by atoms with van der Waals surface area (Å²) in [6.07, 6.45) is 1.83. The molecule has 0 atom stereocenters. The molecule has 1 aliphatic heterocycles. The van der Waals surface area contributed by atoms with Gasteiger partial charge >= 0.3 is 0 Å². The third-order valence-corrected chi connectivity index (χ3v) is 2.11. The largest absolute Gasteiger partial charge is 0.309 e. The lowest BCUT2D eigenvalue weighted by Crippen LogP contribution is -2.04. The van der Waals surface area contributed by atoms with Crippen molar-refractivity contribution in [1.29, 1.82) is 0 Å². The van der Waals surface area contributed by atoms with E-state index in [9.17, 15) is 0 Å². The lowest BCUT2D eigenvalue weighted by molar-refractivity contribution is 1.15.